The van der Waals surface area contributed by atoms with E-state index < -0.39 is 0 Å². The number of ether oxygens (including phenoxy) is 2. The zero-order chi connectivity index (χ0) is 15.2. The number of hydrogen-bond donors (Lipinski definition) is 1. The van der Waals surface area contributed by atoms with Crippen LogP contribution in [0, 0.1) is 0 Å². The first kappa shape index (κ1) is 15.4. The molecule has 1 aliphatic rings. The van der Waals surface area contributed by atoms with E-state index in [1.807, 2.05) is 13.8 Å². The van der Waals surface area contributed by atoms with Crippen LogP contribution in [0.3, 0.4) is 0 Å². The van der Waals surface area contributed by atoms with Gasteiger partial charge in [0, 0.05) is 11.3 Å². The number of amides is 1. The van der Waals surface area contributed by atoms with E-state index in [9.17, 15) is 4.79 Å². The van der Waals surface area contributed by atoms with Crippen molar-refractivity contribution in [1.82, 2.24) is 5.43 Å². The molecule has 0 saturated heterocycles. The Kier molecular flexibility index (Phi) is 5.20. The van der Waals surface area contributed by atoms with Gasteiger partial charge in [0.1, 0.15) is 0 Å². The zero-order valence-electron chi connectivity index (χ0n) is 12.8. The molecule has 0 unspecified atom stereocenters. The van der Waals surface area contributed by atoms with Gasteiger partial charge in [0.15, 0.2) is 11.5 Å². The smallest absolute Gasteiger partial charge is 0.271 e. The van der Waals surface area contributed by atoms with Crippen molar-refractivity contribution in [2.45, 2.75) is 45.6 Å². The van der Waals surface area contributed by atoms with E-state index in [0.29, 0.717) is 17.1 Å². The summed E-state index contributed by atoms with van der Waals surface area (Å²) in [6.45, 7) is 3.88. The summed E-state index contributed by atoms with van der Waals surface area (Å²) in [6, 6.07) is 5.13. The normalized spacial score (nSPS) is 14.2. The number of hydrazone groups is 1. The van der Waals surface area contributed by atoms with Crippen LogP contribution in [0.4, 0.5) is 0 Å². The summed E-state index contributed by atoms with van der Waals surface area (Å²) in [5, 5.41) is 4.17. The standard InChI is InChI=1S/C16H22N2O3/c1-11(2)21-14-9-8-12(10-15(14)20-3)16(19)18-17-13-6-4-5-7-13/h8-11H,4-7H2,1-3H3,(H,18,19). The molecule has 1 saturated carbocycles. The van der Waals surface area contributed by atoms with Crippen LogP contribution in [0.25, 0.3) is 0 Å². The number of nitrogens with one attached hydrogen (secondary N) is 1. The third-order valence-electron chi connectivity index (χ3n) is 3.28. The first-order valence-corrected chi connectivity index (χ1v) is 7.30. The van der Waals surface area contributed by atoms with Gasteiger partial charge in [-0.15, -0.1) is 0 Å². The number of rotatable bonds is 5. The minimum absolute atomic E-state index is 0.0485. The van der Waals surface area contributed by atoms with Gasteiger partial charge in [-0.2, -0.15) is 5.10 Å². The Hall–Kier alpha value is -2.04. The number of carbonyl (C=O) groups excluding carboxylic acids is 1. The van der Waals surface area contributed by atoms with Crippen LogP contribution < -0.4 is 14.9 Å². The lowest BCUT2D eigenvalue weighted by atomic mass is 10.2. The van der Waals surface area contributed by atoms with Crippen molar-refractivity contribution in [3.05, 3.63) is 23.8 Å². The summed E-state index contributed by atoms with van der Waals surface area (Å²) in [5.41, 5.74) is 4.17. The molecule has 0 radical (unpaired) electrons. The second kappa shape index (κ2) is 7.11. The summed E-state index contributed by atoms with van der Waals surface area (Å²) in [4.78, 5) is 12.1. The third kappa shape index (κ3) is 4.21. The molecule has 5 nitrogen and oxygen atoms in total. The molecule has 0 aliphatic heterocycles. The van der Waals surface area contributed by atoms with Gasteiger partial charge in [0.2, 0.25) is 0 Å². The average molecular weight is 290 g/mol. The van der Waals surface area contributed by atoms with Gasteiger partial charge in [-0.25, -0.2) is 5.43 Å². The van der Waals surface area contributed by atoms with Gasteiger partial charge in [-0.3, -0.25) is 4.79 Å². The summed E-state index contributed by atoms with van der Waals surface area (Å²) in [7, 11) is 1.56. The minimum atomic E-state index is -0.233. The quantitative estimate of drug-likeness (QED) is 0.847. The van der Waals surface area contributed by atoms with Crippen LogP contribution >= 0.6 is 0 Å². The second-order valence-electron chi connectivity index (χ2n) is 5.36. The fraction of sp³-hybridized carbons (Fsp3) is 0.500. The minimum Gasteiger partial charge on any atom is -0.493 e. The van der Waals surface area contributed by atoms with Crippen LogP contribution in [0.15, 0.2) is 23.3 Å². The number of benzene rings is 1. The van der Waals surface area contributed by atoms with Crippen LogP contribution in [0.2, 0.25) is 0 Å². The Balaban J connectivity index is 2.08. The van der Waals surface area contributed by atoms with Crippen LogP contribution in [-0.2, 0) is 0 Å². The van der Waals surface area contributed by atoms with Crippen molar-refractivity contribution >= 4 is 11.6 Å². The molecule has 1 fully saturated rings. The van der Waals surface area contributed by atoms with E-state index in [4.69, 9.17) is 9.47 Å². The van der Waals surface area contributed by atoms with Crippen molar-refractivity contribution in [2.75, 3.05) is 7.11 Å². The van der Waals surface area contributed by atoms with Crippen LogP contribution in [0.1, 0.15) is 49.9 Å². The molecule has 1 amide bonds. The lowest BCUT2D eigenvalue weighted by molar-refractivity contribution is 0.0954. The molecule has 0 atom stereocenters. The fourth-order valence-electron chi connectivity index (χ4n) is 2.25. The first-order valence-electron chi connectivity index (χ1n) is 7.30. The number of carbonyl (C=O) groups is 1. The van der Waals surface area contributed by atoms with Gasteiger partial charge >= 0.3 is 0 Å². The zero-order valence-corrected chi connectivity index (χ0v) is 12.8. The van der Waals surface area contributed by atoms with Gasteiger partial charge in [-0.05, 0) is 57.7 Å². The Morgan fingerprint density at radius 2 is 1.95 bits per heavy atom. The molecule has 0 spiro atoms. The largest absolute Gasteiger partial charge is 0.493 e. The maximum absolute atomic E-state index is 12.1. The lowest BCUT2D eigenvalue weighted by Crippen LogP contribution is -2.19. The Bertz CT molecular complexity index is 530. The van der Waals surface area contributed by atoms with E-state index in [2.05, 4.69) is 10.5 Å². The SMILES string of the molecule is COc1cc(C(=O)NN=C2CCCC2)ccc1OC(C)C. The Labute approximate surface area is 125 Å². The molecule has 5 heteroatoms. The highest BCUT2D eigenvalue weighted by molar-refractivity contribution is 5.96. The van der Waals surface area contributed by atoms with Crippen molar-refractivity contribution in [3.63, 3.8) is 0 Å². The van der Waals surface area contributed by atoms with E-state index in [0.717, 1.165) is 31.4 Å². The van der Waals surface area contributed by atoms with Gasteiger partial charge < -0.3 is 9.47 Å². The molecule has 1 N–H and O–H groups in total. The number of methoxy groups -OCH3 is 1. The highest BCUT2D eigenvalue weighted by atomic mass is 16.5. The molecule has 0 aromatic heterocycles. The van der Waals surface area contributed by atoms with E-state index in [1.165, 1.54) is 0 Å². The fourth-order valence-corrected chi connectivity index (χ4v) is 2.25. The molecular weight excluding hydrogens is 268 g/mol. The Morgan fingerprint density at radius 3 is 2.57 bits per heavy atom. The maximum Gasteiger partial charge on any atom is 0.271 e. The maximum atomic E-state index is 12.1. The monoisotopic (exact) mass is 290 g/mol. The van der Waals surface area contributed by atoms with Crippen LogP contribution in [-0.4, -0.2) is 24.8 Å². The topological polar surface area (TPSA) is 59.9 Å². The summed E-state index contributed by atoms with van der Waals surface area (Å²) in [5.74, 6) is 0.944. The predicted molar refractivity (Wildman–Crippen MR) is 82.1 cm³/mol. The summed E-state index contributed by atoms with van der Waals surface area (Å²) >= 11 is 0. The summed E-state index contributed by atoms with van der Waals surface area (Å²) < 4.78 is 10.9. The molecule has 1 aromatic rings. The summed E-state index contributed by atoms with van der Waals surface area (Å²) in [6.07, 6.45) is 4.32. The molecule has 1 aliphatic carbocycles. The van der Waals surface area contributed by atoms with Gasteiger partial charge in [0.05, 0.1) is 13.2 Å². The first-order chi connectivity index (χ1) is 10.1. The van der Waals surface area contributed by atoms with Crippen molar-refractivity contribution < 1.29 is 14.3 Å². The molecule has 21 heavy (non-hydrogen) atoms. The lowest BCUT2D eigenvalue weighted by Gasteiger charge is -2.14. The average Bonchev–Trinajstić information content (AvgIpc) is 2.98. The molecule has 0 heterocycles. The van der Waals surface area contributed by atoms with Crippen molar-refractivity contribution in [2.24, 2.45) is 5.10 Å². The third-order valence-corrected chi connectivity index (χ3v) is 3.28. The van der Waals surface area contributed by atoms with Crippen molar-refractivity contribution in [3.8, 4) is 11.5 Å². The van der Waals surface area contributed by atoms with Crippen LogP contribution in [0.5, 0.6) is 11.5 Å². The highest BCUT2D eigenvalue weighted by Gasteiger charge is 2.13. The number of hydrogen-bond acceptors (Lipinski definition) is 4. The van der Waals surface area contributed by atoms with Crippen molar-refractivity contribution in [1.29, 1.82) is 0 Å². The molecule has 2 rings (SSSR count). The molecule has 1 aromatic carbocycles. The Morgan fingerprint density at radius 1 is 1.24 bits per heavy atom. The van der Waals surface area contributed by atoms with Gasteiger partial charge in [0.25, 0.3) is 5.91 Å². The van der Waals surface area contributed by atoms with E-state index >= 15 is 0 Å². The number of nitrogens with zero attached hydrogens (tertiary/aromatic N) is 1. The predicted octanol–water partition coefficient (Wildman–Crippen LogP) is 3.14. The highest BCUT2D eigenvalue weighted by Crippen LogP contribution is 2.29. The van der Waals surface area contributed by atoms with E-state index in [-0.39, 0.29) is 12.0 Å². The molecular formula is C16H22N2O3. The van der Waals surface area contributed by atoms with Gasteiger partial charge in [-0.1, -0.05) is 0 Å². The molecule has 114 valence electrons. The van der Waals surface area contributed by atoms with E-state index in [1.54, 1.807) is 25.3 Å². The molecule has 0 bridgehead atoms. The second-order valence-corrected chi connectivity index (χ2v) is 5.36.